The van der Waals surface area contributed by atoms with Crippen LogP contribution >= 0.6 is 0 Å². The van der Waals surface area contributed by atoms with Crippen LogP contribution in [0.15, 0.2) is 24.4 Å². The number of rotatable bonds is 4. The van der Waals surface area contributed by atoms with Crippen molar-refractivity contribution in [1.82, 2.24) is 34.8 Å². The van der Waals surface area contributed by atoms with Gasteiger partial charge in [-0.3, -0.25) is 14.5 Å². The molecule has 1 aliphatic carbocycles. The number of hydrogen-bond acceptors (Lipinski definition) is 5. The second-order valence-corrected chi connectivity index (χ2v) is 7.34. The van der Waals surface area contributed by atoms with Gasteiger partial charge in [-0.2, -0.15) is 10.2 Å². The molecule has 5 rings (SSSR count). The summed E-state index contributed by atoms with van der Waals surface area (Å²) < 4.78 is 3.50. The van der Waals surface area contributed by atoms with Crippen LogP contribution in [0.1, 0.15) is 59.1 Å². The molecule has 1 saturated carbocycles. The molecule has 0 bridgehead atoms. The molecule has 1 fully saturated rings. The maximum Gasteiger partial charge on any atom is 0.289 e. The highest BCUT2D eigenvalue weighted by Gasteiger charge is 2.29. The molecule has 0 radical (unpaired) electrons. The molecule has 0 spiro atoms. The summed E-state index contributed by atoms with van der Waals surface area (Å²) in [5, 5.41) is 12.0. The fourth-order valence-corrected chi connectivity index (χ4v) is 3.72. The zero-order valence-corrected chi connectivity index (χ0v) is 15.4. The van der Waals surface area contributed by atoms with E-state index in [9.17, 15) is 4.79 Å². The Morgan fingerprint density at radius 3 is 2.81 bits per heavy atom. The zero-order chi connectivity index (χ0) is 18.5. The Balaban J connectivity index is 1.38. The summed E-state index contributed by atoms with van der Waals surface area (Å²) in [4.78, 5) is 21.3. The molecule has 8 nitrogen and oxygen atoms in total. The number of carbonyl (C=O) groups excluding carboxylic acids is 1. The number of nitrogens with one attached hydrogen (secondary N) is 1. The normalized spacial score (nSPS) is 18.5. The minimum absolute atomic E-state index is 0.0690. The predicted molar refractivity (Wildman–Crippen MR) is 98.0 cm³/mol. The largest absolute Gasteiger partial charge is 0.341 e. The van der Waals surface area contributed by atoms with E-state index in [-0.39, 0.29) is 11.9 Å². The monoisotopic (exact) mass is 363 g/mol. The summed E-state index contributed by atoms with van der Waals surface area (Å²) in [5.74, 6) is 1.32. The van der Waals surface area contributed by atoms with Gasteiger partial charge in [-0.1, -0.05) is 0 Å². The van der Waals surface area contributed by atoms with Gasteiger partial charge >= 0.3 is 0 Å². The quantitative estimate of drug-likeness (QED) is 0.767. The fraction of sp³-hybridized carbons (Fsp3) is 0.421. The Morgan fingerprint density at radius 1 is 1.22 bits per heavy atom. The molecule has 1 N–H and O–H groups in total. The Kier molecular flexibility index (Phi) is 3.60. The first-order valence-electron chi connectivity index (χ1n) is 9.31. The number of nitrogens with zero attached hydrogens (tertiary/aromatic N) is 6. The summed E-state index contributed by atoms with van der Waals surface area (Å²) in [6, 6.07) is 6.15. The van der Waals surface area contributed by atoms with Crippen LogP contribution in [0.3, 0.4) is 0 Å². The molecule has 27 heavy (non-hydrogen) atoms. The highest BCUT2D eigenvalue weighted by atomic mass is 16.2. The summed E-state index contributed by atoms with van der Waals surface area (Å²) >= 11 is 0. The molecule has 1 aliphatic heterocycles. The smallest absolute Gasteiger partial charge is 0.289 e. The zero-order valence-electron chi connectivity index (χ0n) is 15.4. The third-order valence-electron chi connectivity index (χ3n) is 5.25. The molecular weight excluding hydrogens is 342 g/mol. The Labute approximate surface area is 156 Å². The number of pyridine rings is 1. The first-order chi connectivity index (χ1) is 13.1. The van der Waals surface area contributed by atoms with Crippen LogP contribution in [0.5, 0.6) is 0 Å². The third-order valence-corrected chi connectivity index (χ3v) is 5.25. The molecule has 1 atom stereocenters. The van der Waals surface area contributed by atoms with Crippen molar-refractivity contribution in [2.75, 3.05) is 0 Å². The number of fused-ring (bicyclic) bond motifs is 1. The maximum atomic E-state index is 12.6. The number of aromatic nitrogens is 6. The second kappa shape index (κ2) is 6.00. The average Bonchev–Trinajstić information content (AvgIpc) is 3.19. The number of aryl methyl sites for hydroxylation is 3. The lowest BCUT2D eigenvalue weighted by Crippen LogP contribution is -2.29. The highest BCUT2D eigenvalue weighted by molar-refractivity contribution is 5.91. The van der Waals surface area contributed by atoms with Crippen LogP contribution in [0.25, 0.3) is 11.3 Å². The molecule has 4 heterocycles. The number of carbonyl (C=O) groups is 1. The van der Waals surface area contributed by atoms with Gasteiger partial charge in [0.25, 0.3) is 5.91 Å². The van der Waals surface area contributed by atoms with Crippen molar-refractivity contribution >= 4 is 5.91 Å². The molecule has 1 amide bonds. The van der Waals surface area contributed by atoms with Crippen molar-refractivity contribution in [3.63, 3.8) is 0 Å². The molecular formula is C19H21N7O. The van der Waals surface area contributed by atoms with Crippen molar-refractivity contribution in [1.29, 1.82) is 0 Å². The second-order valence-electron chi connectivity index (χ2n) is 7.34. The van der Waals surface area contributed by atoms with Crippen LogP contribution in [0, 0.1) is 6.92 Å². The van der Waals surface area contributed by atoms with Gasteiger partial charge in [0.15, 0.2) is 0 Å². The van der Waals surface area contributed by atoms with E-state index in [1.165, 1.54) is 17.5 Å². The summed E-state index contributed by atoms with van der Waals surface area (Å²) in [6.45, 7) is 2.57. The first kappa shape index (κ1) is 16.2. The van der Waals surface area contributed by atoms with Crippen LogP contribution < -0.4 is 5.32 Å². The lowest BCUT2D eigenvalue weighted by atomic mass is 10.1. The fourth-order valence-electron chi connectivity index (χ4n) is 3.72. The van der Waals surface area contributed by atoms with Crippen molar-refractivity contribution < 1.29 is 4.79 Å². The molecule has 0 aromatic carbocycles. The van der Waals surface area contributed by atoms with E-state index in [0.29, 0.717) is 17.6 Å². The lowest BCUT2D eigenvalue weighted by Gasteiger charge is -2.11. The van der Waals surface area contributed by atoms with Gasteiger partial charge in [-0.05, 0) is 44.4 Å². The summed E-state index contributed by atoms with van der Waals surface area (Å²) in [6.07, 6.45) is 5.15. The maximum absolute atomic E-state index is 12.6. The van der Waals surface area contributed by atoms with Gasteiger partial charge < -0.3 is 5.32 Å². The summed E-state index contributed by atoms with van der Waals surface area (Å²) in [7, 11) is 1.73. The van der Waals surface area contributed by atoms with E-state index in [1.807, 2.05) is 16.9 Å². The van der Waals surface area contributed by atoms with Crippen LogP contribution in [-0.4, -0.2) is 35.4 Å². The van der Waals surface area contributed by atoms with Crippen molar-refractivity contribution in [2.45, 2.75) is 44.7 Å². The number of amides is 1. The van der Waals surface area contributed by atoms with E-state index in [1.54, 1.807) is 14.0 Å². The van der Waals surface area contributed by atoms with E-state index in [4.69, 9.17) is 5.10 Å². The van der Waals surface area contributed by atoms with Crippen molar-refractivity contribution in [3.8, 4) is 11.3 Å². The van der Waals surface area contributed by atoms with Gasteiger partial charge in [-0.15, -0.1) is 0 Å². The van der Waals surface area contributed by atoms with E-state index in [0.717, 1.165) is 35.6 Å². The Bertz CT molecular complexity index is 1030. The average molecular weight is 363 g/mol. The van der Waals surface area contributed by atoms with Crippen LogP contribution in [-0.2, 0) is 13.6 Å². The molecule has 3 aromatic heterocycles. The minimum atomic E-state index is -0.209. The third kappa shape index (κ3) is 2.90. The van der Waals surface area contributed by atoms with Gasteiger partial charge in [0.1, 0.15) is 5.82 Å². The molecule has 3 aromatic rings. The van der Waals surface area contributed by atoms with Crippen LogP contribution in [0.2, 0.25) is 0 Å². The van der Waals surface area contributed by atoms with Crippen LogP contribution in [0.4, 0.5) is 0 Å². The van der Waals surface area contributed by atoms with Gasteiger partial charge in [-0.25, -0.2) is 9.67 Å². The summed E-state index contributed by atoms with van der Waals surface area (Å²) in [5.41, 5.74) is 4.20. The molecule has 0 unspecified atom stereocenters. The lowest BCUT2D eigenvalue weighted by molar-refractivity contribution is 0.0922. The molecule has 8 heteroatoms. The van der Waals surface area contributed by atoms with E-state index >= 15 is 0 Å². The minimum Gasteiger partial charge on any atom is -0.341 e. The van der Waals surface area contributed by atoms with E-state index in [2.05, 4.69) is 32.5 Å². The Hall–Kier alpha value is -3.03. The molecule has 138 valence electrons. The van der Waals surface area contributed by atoms with Crippen molar-refractivity contribution in [3.05, 3.63) is 47.4 Å². The van der Waals surface area contributed by atoms with Gasteiger partial charge in [0.05, 0.1) is 17.4 Å². The van der Waals surface area contributed by atoms with Gasteiger partial charge in [0, 0.05) is 37.0 Å². The molecule has 0 saturated heterocycles. The number of hydrogen-bond donors (Lipinski definition) is 1. The van der Waals surface area contributed by atoms with E-state index < -0.39 is 0 Å². The topological polar surface area (TPSA) is 90.5 Å². The SMILES string of the molecule is Cc1nc(C(=O)N[C@H]2CCn3nc(-c4ccnc(C5CC5)c4)cc32)n(C)n1. The molecule has 2 aliphatic rings. The highest BCUT2D eigenvalue weighted by Crippen LogP contribution is 2.40. The van der Waals surface area contributed by atoms with Gasteiger partial charge in [0.2, 0.25) is 5.82 Å². The Morgan fingerprint density at radius 2 is 2.07 bits per heavy atom. The van der Waals surface area contributed by atoms with Crippen molar-refractivity contribution in [2.24, 2.45) is 7.05 Å². The standard InChI is InChI=1S/C19H21N7O/c1-11-21-18(25(2)23-11)19(27)22-14-6-8-26-17(14)10-16(24-26)13-5-7-20-15(9-13)12-3-4-12/h5,7,9-10,12,14H,3-4,6,8H2,1-2H3,(H,22,27)/t14-/m0/s1. The predicted octanol–water partition coefficient (Wildman–Crippen LogP) is 2.13. The first-order valence-corrected chi connectivity index (χ1v) is 9.31.